The lowest BCUT2D eigenvalue weighted by Gasteiger charge is -2.27. The van der Waals surface area contributed by atoms with Crippen LogP contribution in [0.5, 0.6) is 0 Å². The molecule has 0 amide bonds. The van der Waals surface area contributed by atoms with Gasteiger partial charge in [0.15, 0.2) is 0 Å². The van der Waals surface area contributed by atoms with Crippen LogP contribution >= 0.6 is 0 Å². The summed E-state index contributed by atoms with van der Waals surface area (Å²) in [4.78, 5) is 12.1. The highest BCUT2D eigenvalue weighted by Gasteiger charge is 2.41. The van der Waals surface area contributed by atoms with Crippen LogP contribution in [0.2, 0.25) is 0 Å². The van der Waals surface area contributed by atoms with Crippen LogP contribution in [-0.4, -0.2) is 25.2 Å². The van der Waals surface area contributed by atoms with E-state index in [9.17, 15) is 4.79 Å². The molecule has 0 aliphatic carbocycles. The Bertz CT molecular complexity index is 220. The minimum absolute atomic E-state index is 0.0153. The summed E-state index contributed by atoms with van der Waals surface area (Å²) in [6, 6.07) is 0. The van der Waals surface area contributed by atoms with Crippen LogP contribution in [0.3, 0.4) is 0 Å². The molecule has 0 radical (unpaired) electrons. The van der Waals surface area contributed by atoms with Gasteiger partial charge < -0.3 is 10.1 Å². The van der Waals surface area contributed by atoms with Crippen LogP contribution < -0.4 is 5.32 Å². The van der Waals surface area contributed by atoms with E-state index in [-0.39, 0.29) is 17.5 Å². The predicted octanol–water partition coefficient (Wildman–Crippen LogP) is 1.96. The van der Waals surface area contributed by atoms with Gasteiger partial charge in [0.25, 0.3) is 0 Å². The molecule has 3 nitrogen and oxygen atoms in total. The van der Waals surface area contributed by atoms with E-state index >= 15 is 0 Å². The molecule has 1 heterocycles. The molecule has 1 aliphatic rings. The molecule has 15 heavy (non-hydrogen) atoms. The molecule has 2 unspecified atom stereocenters. The second-order valence-electron chi connectivity index (χ2n) is 4.92. The van der Waals surface area contributed by atoms with Crippen molar-refractivity contribution < 1.29 is 9.53 Å². The number of nitrogens with one attached hydrogen (secondary N) is 1. The third-order valence-corrected chi connectivity index (χ3v) is 3.59. The van der Waals surface area contributed by atoms with Crippen LogP contribution in [0.4, 0.5) is 0 Å². The van der Waals surface area contributed by atoms with Gasteiger partial charge in [-0.25, -0.2) is 0 Å². The van der Waals surface area contributed by atoms with Crippen LogP contribution in [0.25, 0.3) is 0 Å². The van der Waals surface area contributed by atoms with E-state index in [1.54, 1.807) is 0 Å². The van der Waals surface area contributed by atoms with Crippen molar-refractivity contribution >= 4 is 5.97 Å². The number of rotatable bonds is 4. The first-order valence-electron chi connectivity index (χ1n) is 5.93. The van der Waals surface area contributed by atoms with Crippen molar-refractivity contribution in [3.63, 3.8) is 0 Å². The molecular weight excluding hydrogens is 190 g/mol. The topological polar surface area (TPSA) is 38.3 Å². The SMILES string of the molecule is CCC1(C(=O)OC(C)C(C)C)CCNC1. The van der Waals surface area contributed by atoms with Crippen LogP contribution in [0.15, 0.2) is 0 Å². The molecule has 88 valence electrons. The smallest absolute Gasteiger partial charge is 0.313 e. The summed E-state index contributed by atoms with van der Waals surface area (Å²) < 4.78 is 5.51. The second kappa shape index (κ2) is 4.97. The molecule has 1 rings (SSSR count). The summed E-state index contributed by atoms with van der Waals surface area (Å²) in [6.45, 7) is 9.88. The predicted molar refractivity (Wildman–Crippen MR) is 60.6 cm³/mol. The average molecular weight is 213 g/mol. The minimum atomic E-state index is -0.261. The fourth-order valence-corrected chi connectivity index (χ4v) is 1.79. The third kappa shape index (κ3) is 2.71. The highest BCUT2D eigenvalue weighted by molar-refractivity contribution is 5.77. The number of carbonyl (C=O) groups excluding carboxylic acids is 1. The Hall–Kier alpha value is -0.570. The van der Waals surface area contributed by atoms with E-state index in [0.717, 1.165) is 25.9 Å². The van der Waals surface area contributed by atoms with Crippen molar-refractivity contribution in [1.82, 2.24) is 5.32 Å². The number of hydrogen-bond acceptors (Lipinski definition) is 3. The lowest BCUT2D eigenvalue weighted by atomic mass is 9.84. The molecule has 0 aromatic heterocycles. The van der Waals surface area contributed by atoms with E-state index in [0.29, 0.717) is 5.92 Å². The lowest BCUT2D eigenvalue weighted by molar-refractivity contribution is -0.161. The highest BCUT2D eigenvalue weighted by Crippen LogP contribution is 2.31. The maximum absolute atomic E-state index is 12.1. The van der Waals surface area contributed by atoms with Gasteiger partial charge in [0, 0.05) is 6.54 Å². The van der Waals surface area contributed by atoms with Crippen LogP contribution in [-0.2, 0) is 9.53 Å². The fourth-order valence-electron chi connectivity index (χ4n) is 1.79. The number of carbonyl (C=O) groups is 1. The highest BCUT2D eigenvalue weighted by atomic mass is 16.5. The van der Waals surface area contributed by atoms with Crippen molar-refractivity contribution in [2.24, 2.45) is 11.3 Å². The van der Waals surface area contributed by atoms with Gasteiger partial charge in [-0.2, -0.15) is 0 Å². The molecule has 2 atom stereocenters. The van der Waals surface area contributed by atoms with Gasteiger partial charge >= 0.3 is 5.97 Å². The molecule has 0 bridgehead atoms. The molecule has 3 heteroatoms. The molecule has 0 aromatic rings. The van der Waals surface area contributed by atoms with E-state index in [1.165, 1.54) is 0 Å². The van der Waals surface area contributed by atoms with Crippen molar-refractivity contribution in [2.75, 3.05) is 13.1 Å². The van der Waals surface area contributed by atoms with Crippen molar-refractivity contribution in [2.45, 2.75) is 46.6 Å². The Morgan fingerprint density at radius 2 is 2.13 bits per heavy atom. The monoisotopic (exact) mass is 213 g/mol. The normalized spacial score (nSPS) is 28.1. The number of hydrogen-bond donors (Lipinski definition) is 1. The first-order valence-corrected chi connectivity index (χ1v) is 5.93. The van der Waals surface area contributed by atoms with E-state index in [1.807, 2.05) is 6.92 Å². The van der Waals surface area contributed by atoms with E-state index in [4.69, 9.17) is 4.74 Å². The summed E-state index contributed by atoms with van der Waals surface area (Å²) >= 11 is 0. The maximum atomic E-state index is 12.1. The molecule has 1 saturated heterocycles. The van der Waals surface area contributed by atoms with E-state index in [2.05, 4.69) is 26.1 Å². The minimum Gasteiger partial charge on any atom is -0.462 e. The molecule has 1 N–H and O–H groups in total. The summed E-state index contributed by atoms with van der Waals surface area (Å²) in [5.41, 5.74) is -0.261. The molecule has 0 aromatic carbocycles. The third-order valence-electron chi connectivity index (χ3n) is 3.59. The molecule has 1 fully saturated rings. The lowest BCUT2D eigenvalue weighted by Crippen LogP contribution is -2.37. The van der Waals surface area contributed by atoms with Gasteiger partial charge in [-0.05, 0) is 32.2 Å². The fraction of sp³-hybridized carbons (Fsp3) is 0.917. The van der Waals surface area contributed by atoms with Gasteiger partial charge in [0.2, 0.25) is 0 Å². The summed E-state index contributed by atoms with van der Waals surface area (Å²) in [5.74, 6) is 0.369. The molecule has 0 spiro atoms. The maximum Gasteiger partial charge on any atom is 0.313 e. The van der Waals surface area contributed by atoms with Gasteiger partial charge in [-0.3, -0.25) is 4.79 Å². The molecule has 1 aliphatic heterocycles. The van der Waals surface area contributed by atoms with Crippen LogP contribution in [0, 0.1) is 11.3 Å². The summed E-state index contributed by atoms with van der Waals surface area (Å²) in [7, 11) is 0. The number of esters is 1. The summed E-state index contributed by atoms with van der Waals surface area (Å²) in [6.07, 6.45) is 1.79. The van der Waals surface area contributed by atoms with Crippen molar-refractivity contribution in [1.29, 1.82) is 0 Å². The average Bonchev–Trinajstić information content (AvgIpc) is 2.66. The zero-order chi connectivity index (χ0) is 11.5. The largest absolute Gasteiger partial charge is 0.462 e. The number of ether oxygens (including phenoxy) is 1. The van der Waals surface area contributed by atoms with Crippen molar-refractivity contribution in [3.8, 4) is 0 Å². The van der Waals surface area contributed by atoms with Gasteiger partial charge in [0.05, 0.1) is 5.41 Å². The molecular formula is C12H23NO2. The molecule has 0 saturated carbocycles. The van der Waals surface area contributed by atoms with Gasteiger partial charge in [-0.1, -0.05) is 20.8 Å². The van der Waals surface area contributed by atoms with Gasteiger partial charge in [-0.15, -0.1) is 0 Å². The zero-order valence-corrected chi connectivity index (χ0v) is 10.3. The Kier molecular flexibility index (Phi) is 4.14. The Morgan fingerprint density at radius 1 is 1.47 bits per heavy atom. The first-order chi connectivity index (χ1) is 7.02. The zero-order valence-electron chi connectivity index (χ0n) is 10.3. The quantitative estimate of drug-likeness (QED) is 0.726. The first kappa shape index (κ1) is 12.5. The van der Waals surface area contributed by atoms with Crippen LogP contribution in [0.1, 0.15) is 40.5 Å². The second-order valence-corrected chi connectivity index (χ2v) is 4.92. The van der Waals surface area contributed by atoms with Gasteiger partial charge in [0.1, 0.15) is 6.10 Å². The summed E-state index contributed by atoms with van der Waals surface area (Å²) in [5, 5.41) is 3.25. The van der Waals surface area contributed by atoms with Crippen molar-refractivity contribution in [3.05, 3.63) is 0 Å². The Labute approximate surface area is 92.6 Å². The van der Waals surface area contributed by atoms with E-state index < -0.39 is 0 Å². The Morgan fingerprint density at radius 3 is 2.53 bits per heavy atom. The Balaban J connectivity index is 2.58. The standard InChI is InChI=1S/C12H23NO2/c1-5-12(6-7-13-8-12)11(14)15-10(4)9(2)3/h9-10,13H,5-8H2,1-4H3.